The smallest absolute Gasteiger partial charge is 0.226 e. The first-order valence-corrected chi connectivity index (χ1v) is 7.82. The molecule has 0 aromatic rings. The number of amides is 2. The van der Waals surface area contributed by atoms with Gasteiger partial charge in [-0.25, -0.2) is 0 Å². The Morgan fingerprint density at radius 1 is 1.38 bits per heavy atom. The predicted octanol–water partition coefficient (Wildman–Crippen LogP) is 1.83. The molecule has 0 radical (unpaired) electrons. The molecule has 1 aliphatic carbocycles. The quantitative estimate of drug-likeness (QED) is 0.862. The van der Waals surface area contributed by atoms with Crippen molar-refractivity contribution >= 4 is 11.8 Å². The second-order valence-corrected chi connectivity index (χ2v) is 7.32. The number of carbonyl (C=O) groups excluding carboxylic acids is 2. The summed E-state index contributed by atoms with van der Waals surface area (Å²) >= 11 is 0. The molecule has 2 aliphatic rings. The zero-order chi connectivity index (χ0) is 15.6. The van der Waals surface area contributed by atoms with Crippen molar-refractivity contribution in [1.29, 1.82) is 5.26 Å². The average Bonchev–Trinajstić information content (AvgIpc) is 3.02. The molecule has 5 heteroatoms. The molecule has 0 aromatic carbocycles. The fourth-order valence-corrected chi connectivity index (χ4v) is 3.18. The van der Waals surface area contributed by atoms with Crippen molar-refractivity contribution in [2.24, 2.45) is 11.3 Å². The molecule has 21 heavy (non-hydrogen) atoms. The minimum Gasteiger partial charge on any atom is -0.340 e. The minimum atomic E-state index is -0.527. The highest BCUT2D eigenvalue weighted by Crippen LogP contribution is 2.30. The maximum absolute atomic E-state index is 12.3. The summed E-state index contributed by atoms with van der Waals surface area (Å²) in [4.78, 5) is 26.3. The third kappa shape index (κ3) is 3.55. The van der Waals surface area contributed by atoms with E-state index in [-0.39, 0.29) is 29.6 Å². The molecule has 5 nitrogen and oxygen atoms in total. The Hall–Kier alpha value is -1.57. The van der Waals surface area contributed by atoms with Crippen LogP contribution in [0.25, 0.3) is 0 Å². The third-order valence-electron chi connectivity index (χ3n) is 4.58. The lowest BCUT2D eigenvalue weighted by Gasteiger charge is -2.27. The van der Waals surface area contributed by atoms with Gasteiger partial charge in [-0.3, -0.25) is 9.59 Å². The molecule has 2 atom stereocenters. The summed E-state index contributed by atoms with van der Waals surface area (Å²) in [5.41, 5.74) is -0.307. The van der Waals surface area contributed by atoms with Gasteiger partial charge in [-0.2, -0.15) is 5.26 Å². The standard InChI is InChI=1S/C16H25N3O2/c1-16(2,3)13(9-17)18-15(21)11-8-14(20)19(10-11)12-6-4-5-7-12/h11-13H,4-8,10H2,1-3H3,(H,18,21)/t11-,13-/m0/s1. The van der Waals surface area contributed by atoms with Crippen LogP contribution in [0, 0.1) is 22.7 Å². The molecule has 1 saturated heterocycles. The summed E-state index contributed by atoms with van der Waals surface area (Å²) in [6.45, 7) is 6.28. The first-order valence-electron chi connectivity index (χ1n) is 7.82. The van der Waals surface area contributed by atoms with Crippen LogP contribution in [0.3, 0.4) is 0 Å². The first-order chi connectivity index (χ1) is 9.82. The summed E-state index contributed by atoms with van der Waals surface area (Å²) in [6, 6.07) is 1.94. The highest BCUT2D eigenvalue weighted by molar-refractivity contribution is 5.89. The molecule has 2 fully saturated rings. The van der Waals surface area contributed by atoms with Gasteiger partial charge < -0.3 is 10.2 Å². The van der Waals surface area contributed by atoms with E-state index in [0.29, 0.717) is 12.6 Å². The largest absolute Gasteiger partial charge is 0.340 e. The summed E-state index contributed by atoms with van der Waals surface area (Å²) < 4.78 is 0. The van der Waals surface area contributed by atoms with Gasteiger partial charge in [0.1, 0.15) is 6.04 Å². The highest BCUT2D eigenvalue weighted by Gasteiger charge is 2.39. The van der Waals surface area contributed by atoms with E-state index in [2.05, 4.69) is 11.4 Å². The van der Waals surface area contributed by atoms with Crippen molar-refractivity contribution in [3.05, 3.63) is 0 Å². The Morgan fingerprint density at radius 2 is 2.00 bits per heavy atom. The van der Waals surface area contributed by atoms with Gasteiger partial charge in [-0.05, 0) is 18.3 Å². The summed E-state index contributed by atoms with van der Waals surface area (Å²) in [7, 11) is 0. The molecule has 2 amide bonds. The fourth-order valence-electron chi connectivity index (χ4n) is 3.18. The van der Waals surface area contributed by atoms with E-state index in [1.54, 1.807) is 0 Å². The van der Waals surface area contributed by atoms with Gasteiger partial charge in [0.25, 0.3) is 0 Å². The number of hydrogen-bond donors (Lipinski definition) is 1. The van der Waals surface area contributed by atoms with Crippen LogP contribution in [0.1, 0.15) is 52.9 Å². The van der Waals surface area contributed by atoms with Gasteiger partial charge in [0.05, 0.1) is 12.0 Å². The number of hydrogen-bond acceptors (Lipinski definition) is 3. The lowest BCUT2D eigenvalue weighted by Crippen LogP contribution is -2.46. The van der Waals surface area contributed by atoms with Crippen LogP contribution in [-0.4, -0.2) is 35.3 Å². The average molecular weight is 291 g/mol. The number of nitriles is 1. The van der Waals surface area contributed by atoms with Gasteiger partial charge in [-0.15, -0.1) is 0 Å². The number of likely N-dealkylation sites (tertiary alicyclic amines) is 1. The van der Waals surface area contributed by atoms with Crippen LogP contribution in [-0.2, 0) is 9.59 Å². The van der Waals surface area contributed by atoms with E-state index in [1.807, 2.05) is 25.7 Å². The van der Waals surface area contributed by atoms with Gasteiger partial charge in [-0.1, -0.05) is 33.6 Å². The molecule has 2 rings (SSSR count). The lowest BCUT2D eigenvalue weighted by atomic mass is 9.87. The molecule has 0 bridgehead atoms. The Balaban J connectivity index is 1.95. The Kier molecular flexibility index (Phi) is 4.55. The molecule has 1 N–H and O–H groups in total. The van der Waals surface area contributed by atoms with Gasteiger partial charge in [0.15, 0.2) is 0 Å². The zero-order valence-corrected chi connectivity index (χ0v) is 13.2. The fraction of sp³-hybridized carbons (Fsp3) is 0.812. The van der Waals surface area contributed by atoms with Crippen LogP contribution >= 0.6 is 0 Å². The first kappa shape index (κ1) is 15.8. The maximum Gasteiger partial charge on any atom is 0.226 e. The summed E-state index contributed by atoms with van der Waals surface area (Å²) in [5.74, 6) is -0.382. The van der Waals surface area contributed by atoms with Crippen molar-refractivity contribution in [1.82, 2.24) is 10.2 Å². The highest BCUT2D eigenvalue weighted by atomic mass is 16.2. The number of carbonyl (C=O) groups is 2. The van der Waals surface area contributed by atoms with E-state index in [9.17, 15) is 14.9 Å². The van der Waals surface area contributed by atoms with Crippen LogP contribution in [0.15, 0.2) is 0 Å². The van der Waals surface area contributed by atoms with Crippen LogP contribution < -0.4 is 5.32 Å². The summed E-state index contributed by atoms with van der Waals surface area (Å²) in [5, 5.41) is 12.0. The van der Waals surface area contributed by atoms with E-state index < -0.39 is 6.04 Å². The zero-order valence-electron chi connectivity index (χ0n) is 13.2. The molecule has 0 aromatic heterocycles. The van der Waals surface area contributed by atoms with E-state index in [4.69, 9.17) is 0 Å². The Labute approximate surface area is 126 Å². The van der Waals surface area contributed by atoms with Gasteiger partial charge >= 0.3 is 0 Å². The van der Waals surface area contributed by atoms with Crippen LogP contribution in [0.5, 0.6) is 0 Å². The normalized spacial score (nSPS) is 25.0. The van der Waals surface area contributed by atoms with Crippen molar-refractivity contribution in [2.45, 2.75) is 65.0 Å². The Bertz CT molecular complexity index is 455. The predicted molar refractivity (Wildman–Crippen MR) is 79.1 cm³/mol. The summed E-state index contributed by atoms with van der Waals surface area (Å²) in [6.07, 6.45) is 4.74. The van der Waals surface area contributed by atoms with Crippen molar-refractivity contribution in [2.75, 3.05) is 6.54 Å². The molecule has 116 valence electrons. The van der Waals surface area contributed by atoms with E-state index >= 15 is 0 Å². The van der Waals surface area contributed by atoms with E-state index in [0.717, 1.165) is 12.8 Å². The number of nitrogens with one attached hydrogen (secondary N) is 1. The van der Waals surface area contributed by atoms with Crippen molar-refractivity contribution < 1.29 is 9.59 Å². The second kappa shape index (κ2) is 6.05. The molecular weight excluding hydrogens is 266 g/mol. The SMILES string of the molecule is CC(C)(C)[C@H](C#N)NC(=O)[C@H]1CC(=O)N(C2CCCC2)C1. The minimum absolute atomic E-state index is 0.0892. The molecular formula is C16H25N3O2. The molecule has 1 heterocycles. The molecule has 0 unspecified atom stereocenters. The van der Waals surface area contributed by atoms with Gasteiger partial charge in [0, 0.05) is 19.0 Å². The molecule has 1 saturated carbocycles. The monoisotopic (exact) mass is 291 g/mol. The lowest BCUT2D eigenvalue weighted by molar-refractivity contribution is -0.130. The van der Waals surface area contributed by atoms with Crippen molar-refractivity contribution in [3.63, 3.8) is 0 Å². The maximum atomic E-state index is 12.3. The third-order valence-corrected chi connectivity index (χ3v) is 4.58. The van der Waals surface area contributed by atoms with Crippen molar-refractivity contribution in [3.8, 4) is 6.07 Å². The second-order valence-electron chi connectivity index (χ2n) is 7.32. The van der Waals surface area contributed by atoms with E-state index in [1.165, 1.54) is 12.8 Å². The van der Waals surface area contributed by atoms with Gasteiger partial charge in [0.2, 0.25) is 11.8 Å². The molecule has 1 aliphatic heterocycles. The van der Waals surface area contributed by atoms with Crippen LogP contribution in [0.2, 0.25) is 0 Å². The van der Waals surface area contributed by atoms with Crippen LogP contribution in [0.4, 0.5) is 0 Å². The molecule has 0 spiro atoms. The number of nitrogens with zero attached hydrogens (tertiary/aromatic N) is 2. The Morgan fingerprint density at radius 3 is 2.52 bits per heavy atom. The number of rotatable bonds is 3. The topological polar surface area (TPSA) is 73.2 Å².